The first-order chi connectivity index (χ1) is 9.74. The first kappa shape index (κ1) is 20.2. The molecule has 1 N–H and O–H groups in total. The van der Waals surface area contributed by atoms with Crippen LogP contribution in [0, 0.1) is 0 Å². The van der Waals surface area contributed by atoms with E-state index < -0.39 is 13.3 Å². The quantitative estimate of drug-likeness (QED) is 0.299. The zero-order chi connectivity index (χ0) is 15.1. The van der Waals surface area contributed by atoms with Gasteiger partial charge in [-0.3, -0.25) is 0 Å². The second-order valence-electron chi connectivity index (χ2n) is 6.29. The van der Waals surface area contributed by atoms with Crippen molar-refractivity contribution >= 4 is 13.3 Å². The van der Waals surface area contributed by atoms with E-state index in [-0.39, 0.29) is 0 Å². The molecule has 0 rings (SSSR count). The molecule has 0 aliphatic carbocycles. The third kappa shape index (κ3) is 10.0. The molecule has 1 nitrogen and oxygen atoms in total. The topological polar surface area (TPSA) is 20.2 Å². The van der Waals surface area contributed by atoms with E-state index in [2.05, 4.69) is 31.8 Å². The van der Waals surface area contributed by atoms with Crippen LogP contribution in [0.25, 0.3) is 0 Å². The third-order valence-electron chi connectivity index (χ3n) is 4.33. The second-order valence-corrected chi connectivity index (χ2v) is 15.9. The van der Waals surface area contributed by atoms with Gasteiger partial charge in [-0.25, -0.2) is 0 Å². The average molecular weight is 343 g/mol. The summed E-state index contributed by atoms with van der Waals surface area (Å²) in [6.45, 7) is 7.34. The van der Waals surface area contributed by atoms with Gasteiger partial charge < -0.3 is 0 Å². The molecule has 0 heterocycles. The van der Waals surface area contributed by atoms with Gasteiger partial charge in [0.1, 0.15) is 0 Å². The molecule has 0 unspecified atom stereocenters. The predicted octanol–water partition coefficient (Wildman–Crippen LogP) is 6.09. The van der Waals surface area contributed by atoms with Crippen LogP contribution in [0.15, 0.2) is 11.0 Å². The zero-order valence-electron chi connectivity index (χ0n) is 14.3. The van der Waals surface area contributed by atoms with E-state index in [0.29, 0.717) is 6.61 Å². The van der Waals surface area contributed by atoms with Crippen LogP contribution in [0.2, 0.25) is 15.8 Å². The Morgan fingerprint density at radius 2 is 1.25 bits per heavy atom. The van der Waals surface area contributed by atoms with Crippen LogP contribution >= 0.6 is 0 Å². The number of hydrogen-bond donors (Lipinski definition) is 1. The molecular weight excluding hydrogens is 305 g/mol. The van der Waals surface area contributed by atoms with Gasteiger partial charge in [0.15, 0.2) is 0 Å². The van der Waals surface area contributed by atoms with Crippen molar-refractivity contribution in [3.8, 4) is 0 Å². The molecule has 0 saturated carbocycles. The zero-order valence-corrected chi connectivity index (χ0v) is 16.4. The van der Waals surface area contributed by atoms with E-state index in [1.807, 2.05) is 0 Å². The number of allylic oxidation sites excluding steroid dienone is 1. The Morgan fingerprint density at radius 1 is 0.750 bits per heavy atom. The Bertz CT molecular complexity index is 204. The summed E-state index contributed by atoms with van der Waals surface area (Å²) in [7, 11) is 0. The molecule has 0 radical (unpaired) electrons. The Labute approximate surface area is 130 Å². The van der Waals surface area contributed by atoms with Crippen molar-refractivity contribution in [2.24, 2.45) is 0 Å². The van der Waals surface area contributed by atoms with Gasteiger partial charge in [0.25, 0.3) is 0 Å². The summed E-state index contributed by atoms with van der Waals surface area (Å²) in [5.74, 6) is 0. The molecule has 0 saturated heterocycles. The molecule has 0 aromatic carbocycles. The van der Waals surface area contributed by atoms with E-state index >= 15 is 0 Å². The van der Waals surface area contributed by atoms with Crippen LogP contribution in [0.3, 0.4) is 0 Å². The van der Waals surface area contributed by atoms with Crippen LogP contribution in [0.1, 0.15) is 78.6 Å². The van der Waals surface area contributed by atoms with E-state index in [1.165, 1.54) is 44.9 Å². The summed E-state index contributed by atoms with van der Waals surface area (Å²) in [4.78, 5) is 2.73. The van der Waals surface area contributed by atoms with E-state index in [0.717, 1.165) is 12.8 Å². The molecular formula is C18H38GeO. The molecule has 0 amide bonds. The van der Waals surface area contributed by atoms with E-state index in [4.69, 9.17) is 5.11 Å². The molecule has 0 aliphatic rings. The Hall–Kier alpha value is 0.243. The standard InChI is InChI=1S/C18H38GeO/c1-4-7-14-19(15-8-5-2,16-9-6-3)17-12-10-11-13-18-20/h12,17,20H,4-11,13-16,18H2,1-3H3/b17-12-. The minimum atomic E-state index is -1.73. The number of unbranched alkanes of at least 4 members (excludes halogenated alkanes) is 5. The van der Waals surface area contributed by atoms with E-state index in [9.17, 15) is 0 Å². The summed E-state index contributed by atoms with van der Waals surface area (Å²) in [5.41, 5.74) is 0. The summed E-state index contributed by atoms with van der Waals surface area (Å²) in [5, 5.41) is 13.5. The number of aliphatic hydroxyl groups is 1. The van der Waals surface area contributed by atoms with Gasteiger partial charge in [-0.05, 0) is 0 Å². The number of rotatable bonds is 14. The average Bonchev–Trinajstić information content (AvgIpc) is 2.48. The Balaban J connectivity index is 4.56. The maximum atomic E-state index is 8.86. The number of aliphatic hydroxyl groups excluding tert-OH is 1. The van der Waals surface area contributed by atoms with Crippen molar-refractivity contribution in [3.05, 3.63) is 11.0 Å². The molecule has 0 aliphatic heterocycles. The first-order valence-corrected chi connectivity index (χ1v) is 14.7. The van der Waals surface area contributed by atoms with Crippen molar-refractivity contribution in [1.82, 2.24) is 0 Å². The summed E-state index contributed by atoms with van der Waals surface area (Å²) >= 11 is -1.73. The molecule has 0 aromatic rings. The predicted molar refractivity (Wildman–Crippen MR) is 95.0 cm³/mol. The molecule has 20 heavy (non-hydrogen) atoms. The third-order valence-corrected chi connectivity index (χ3v) is 14.8. The van der Waals surface area contributed by atoms with Crippen LogP contribution in [-0.4, -0.2) is 25.0 Å². The summed E-state index contributed by atoms with van der Waals surface area (Å²) in [6, 6.07) is 0. The van der Waals surface area contributed by atoms with Gasteiger partial charge in [0.2, 0.25) is 0 Å². The molecule has 0 bridgehead atoms. The van der Waals surface area contributed by atoms with Gasteiger partial charge in [-0.2, -0.15) is 0 Å². The molecule has 0 aromatic heterocycles. The summed E-state index contributed by atoms with van der Waals surface area (Å²) < 4.78 is 0. The second kappa shape index (κ2) is 14.2. The van der Waals surface area contributed by atoms with Crippen molar-refractivity contribution in [2.45, 2.75) is 94.3 Å². The van der Waals surface area contributed by atoms with Crippen LogP contribution in [0.5, 0.6) is 0 Å². The van der Waals surface area contributed by atoms with Gasteiger partial charge in [-0.15, -0.1) is 0 Å². The monoisotopic (exact) mass is 344 g/mol. The fourth-order valence-corrected chi connectivity index (χ4v) is 13.6. The Kier molecular flexibility index (Phi) is 14.4. The SMILES string of the molecule is CCC[CH2][Ge](/[CH]=C\CCCCO)([CH2]CCC)[CH2]CCC. The van der Waals surface area contributed by atoms with Gasteiger partial charge in [0, 0.05) is 0 Å². The fraction of sp³-hybridized carbons (Fsp3) is 0.889. The fourth-order valence-electron chi connectivity index (χ4n) is 2.92. The van der Waals surface area contributed by atoms with Gasteiger partial charge in [-0.1, -0.05) is 0 Å². The van der Waals surface area contributed by atoms with Crippen LogP contribution in [0.4, 0.5) is 0 Å². The Morgan fingerprint density at radius 3 is 1.65 bits per heavy atom. The normalized spacial score (nSPS) is 12.4. The first-order valence-electron chi connectivity index (χ1n) is 9.03. The van der Waals surface area contributed by atoms with Crippen LogP contribution in [-0.2, 0) is 0 Å². The molecule has 120 valence electrons. The summed E-state index contributed by atoms with van der Waals surface area (Å²) in [6.07, 6.45) is 14.1. The molecule has 2 heteroatoms. The minimum absolute atomic E-state index is 0.349. The van der Waals surface area contributed by atoms with Crippen molar-refractivity contribution < 1.29 is 5.11 Å². The van der Waals surface area contributed by atoms with Crippen molar-refractivity contribution in [1.29, 1.82) is 0 Å². The molecule has 0 spiro atoms. The van der Waals surface area contributed by atoms with Crippen molar-refractivity contribution in [3.63, 3.8) is 0 Å². The molecule has 0 fully saturated rings. The number of hydrogen-bond acceptors (Lipinski definition) is 1. The van der Waals surface area contributed by atoms with Crippen molar-refractivity contribution in [2.75, 3.05) is 6.61 Å². The van der Waals surface area contributed by atoms with Crippen LogP contribution < -0.4 is 0 Å². The molecule has 0 atom stereocenters. The maximum absolute atomic E-state index is 8.86. The van der Waals surface area contributed by atoms with Gasteiger partial charge >= 0.3 is 130 Å². The van der Waals surface area contributed by atoms with Gasteiger partial charge in [0.05, 0.1) is 0 Å². The van der Waals surface area contributed by atoms with E-state index in [1.54, 1.807) is 15.8 Å².